The van der Waals surface area contributed by atoms with Gasteiger partial charge in [0.05, 0.1) is 19.8 Å². The molecule has 0 radical (unpaired) electrons. The third-order valence-electron chi connectivity index (χ3n) is 2.11. The number of thiophene rings is 1. The van der Waals surface area contributed by atoms with Crippen LogP contribution >= 0.6 is 11.3 Å². The predicted octanol–water partition coefficient (Wildman–Crippen LogP) is 2.44. The maximum atomic E-state index is 5.45. The molecule has 0 aliphatic rings. The van der Waals surface area contributed by atoms with E-state index in [4.69, 9.17) is 9.47 Å². The van der Waals surface area contributed by atoms with Gasteiger partial charge in [-0.3, -0.25) is 0 Å². The lowest BCUT2D eigenvalue weighted by atomic mass is 10.2. The summed E-state index contributed by atoms with van der Waals surface area (Å²) in [6.07, 6.45) is 0. The fourth-order valence-corrected chi connectivity index (χ4v) is 2.26. The summed E-state index contributed by atoms with van der Waals surface area (Å²) in [7, 11) is 1.69. The molecule has 1 aromatic rings. The summed E-state index contributed by atoms with van der Waals surface area (Å²) in [5.74, 6) is 0.925. The van der Waals surface area contributed by atoms with Gasteiger partial charge in [-0.1, -0.05) is 6.92 Å². The number of ether oxygens (including phenoxy) is 2. The van der Waals surface area contributed by atoms with Crippen molar-refractivity contribution in [2.45, 2.75) is 19.9 Å². The van der Waals surface area contributed by atoms with Gasteiger partial charge >= 0.3 is 0 Å². The lowest BCUT2D eigenvalue weighted by Crippen LogP contribution is -2.24. The van der Waals surface area contributed by atoms with Crippen LogP contribution in [0.25, 0.3) is 0 Å². The first-order valence-corrected chi connectivity index (χ1v) is 6.13. The molecule has 0 saturated heterocycles. The first kappa shape index (κ1) is 12.5. The number of methoxy groups -OCH3 is 1. The summed E-state index contributed by atoms with van der Waals surface area (Å²) >= 11 is 1.71. The molecule has 0 bridgehead atoms. The van der Waals surface area contributed by atoms with E-state index in [1.165, 1.54) is 4.88 Å². The van der Waals surface area contributed by atoms with Crippen molar-refractivity contribution in [3.8, 4) is 5.75 Å². The average molecular weight is 229 g/mol. The Bertz CT molecular complexity index is 275. The Morgan fingerprint density at radius 2 is 2.27 bits per heavy atom. The minimum atomic E-state index is 0.281. The molecule has 0 amide bonds. The fraction of sp³-hybridized carbons (Fsp3) is 0.636. The highest BCUT2D eigenvalue weighted by atomic mass is 32.1. The van der Waals surface area contributed by atoms with Gasteiger partial charge < -0.3 is 14.8 Å². The van der Waals surface area contributed by atoms with Gasteiger partial charge in [0.25, 0.3) is 0 Å². The van der Waals surface area contributed by atoms with Crippen LogP contribution in [0.15, 0.2) is 11.4 Å². The van der Waals surface area contributed by atoms with Crippen LogP contribution in [0.2, 0.25) is 0 Å². The Hall–Kier alpha value is -0.580. The molecule has 0 aliphatic carbocycles. The van der Waals surface area contributed by atoms with Crippen LogP contribution in [0.4, 0.5) is 0 Å². The van der Waals surface area contributed by atoms with Crippen molar-refractivity contribution in [3.05, 3.63) is 16.3 Å². The van der Waals surface area contributed by atoms with Crippen molar-refractivity contribution in [1.29, 1.82) is 0 Å². The summed E-state index contributed by atoms with van der Waals surface area (Å²) < 4.78 is 10.6. The standard InChI is InChI=1S/C11H19NO2S/c1-4-12-10(7-14-5-2)11-6-9(13-3)8-15-11/h6,8,10,12H,4-5,7H2,1-3H3. The zero-order valence-corrected chi connectivity index (χ0v) is 10.4. The topological polar surface area (TPSA) is 30.5 Å². The number of hydrogen-bond acceptors (Lipinski definition) is 4. The molecular weight excluding hydrogens is 210 g/mol. The van der Waals surface area contributed by atoms with Crippen LogP contribution in [0, 0.1) is 0 Å². The van der Waals surface area contributed by atoms with E-state index < -0.39 is 0 Å². The molecule has 15 heavy (non-hydrogen) atoms. The fourth-order valence-electron chi connectivity index (χ4n) is 1.35. The molecule has 4 heteroatoms. The Balaban J connectivity index is 2.60. The second-order valence-electron chi connectivity index (χ2n) is 3.16. The van der Waals surface area contributed by atoms with Gasteiger partial charge in [0.1, 0.15) is 5.75 Å². The minimum Gasteiger partial charge on any atom is -0.496 e. The molecule has 0 spiro atoms. The van der Waals surface area contributed by atoms with Crippen LogP contribution in [0.1, 0.15) is 24.8 Å². The van der Waals surface area contributed by atoms with Gasteiger partial charge in [-0.25, -0.2) is 0 Å². The van der Waals surface area contributed by atoms with Crippen LogP contribution in [-0.4, -0.2) is 26.9 Å². The largest absolute Gasteiger partial charge is 0.496 e. The predicted molar refractivity (Wildman–Crippen MR) is 63.8 cm³/mol. The quantitative estimate of drug-likeness (QED) is 0.779. The second kappa shape index (κ2) is 6.82. The Labute approximate surface area is 95.4 Å². The molecule has 0 saturated carbocycles. The highest BCUT2D eigenvalue weighted by Crippen LogP contribution is 2.26. The second-order valence-corrected chi connectivity index (χ2v) is 4.10. The van der Waals surface area contributed by atoms with E-state index in [1.54, 1.807) is 18.4 Å². The van der Waals surface area contributed by atoms with E-state index in [2.05, 4.69) is 18.3 Å². The zero-order chi connectivity index (χ0) is 11.1. The van der Waals surface area contributed by atoms with E-state index in [9.17, 15) is 0 Å². The molecule has 1 aromatic heterocycles. The van der Waals surface area contributed by atoms with Crippen molar-refractivity contribution in [1.82, 2.24) is 5.32 Å². The summed E-state index contributed by atoms with van der Waals surface area (Å²) in [4.78, 5) is 1.27. The van der Waals surface area contributed by atoms with E-state index in [0.29, 0.717) is 6.61 Å². The van der Waals surface area contributed by atoms with Gasteiger partial charge in [0.2, 0.25) is 0 Å². The Kier molecular flexibility index (Phi) is 5.68. The van der Waals surface area contributed by atoms with E-state index in [1.807, 2.05) is 12.3 Å². The van der Waals surface area contributed by atoms with Crippen molar-refractivity contribution in [2.24, 2.45) is 0 Å². The van der Waals surface area contributed by atoms with Crippen LogP contribution in [0.5, 0.6) is 5.75 Å². The molecule has 1 atom stereocenters. The number of rotatable bonds is 7. The van der Waals surface area contributed by atoms with E-state index in [0.717, 1.165) is 18.9 Å². The minimum absolute atomic E-state index is 0.281. The van der Waals surface area contributed by atoms with Gasteiger partial charge in [0.15, 0.2) is 0 Å². The van der Waals surface area contributed by atoms with Gasteiger partial charge in [-0.05, 0) is 19.5 Å². The Morgan fingerprint density at radius 3 is 2.80 bits per heavy atom. The normalized spacial score (nSPS) is 12.7. The third kappa shape index (κ3) is 3.81. The van der Waals surface area contributed by atoms with Crippen molar-refractivity contribution in [3.63, 3.8) is 0 Å². The summed E-state index contributed by atoms with van der Waals surface area (Å²) in [5.41, 5.74) is 0. The maximum absolute atomic E-state index is 5.45. The first-order chi connectivity index (χ1) is 7.31. The van der Waals surface area contributed by atoms with Gasteiger partial charge in [-0.15, -0.1) is 11.3 Å². The highest BCUT2D eigenvalue weighted by molar-refractivity contribution is 7.10. The highest BCUT2D eigenvalue weighted by Gasteiger charge is 2.12. The van der Waals surface area contributed by atoms with Crippen molar-refractivity contribution >= 4 is 11.3 Å². The lowest BCUT2D eigenvalue weighted by molar-refractivity contribution is 0.124. The number of likely N-dealkylation sites (N-methyl/N-ethyl adjacent to an activating group) is 1. The average Bonchev–Trinajstić information content (AvgIpc) is 2.72. The smallest absolute Gasteiger partial charge is 0.129 e. The molecule has 86 valence electrons. The van der Waals surface area contributed by atoms with Crippen LogP contribution in [-0.2, 0) is 4.74 Å². The molecule has 3 nitrogen and oxygen atoms in total. The molecule has 0 aliphatic heterocycles. The summed E-state index contributed by atoms with van der Waals surface area (Å²) in [5, 5.41) is 5.42. The van der Waals surface area contributed by atoms with Crippen molar-refractivity contribution < 1.29 is 9.47 Å². The number of nitrogens with one attached hydrogen (secondary N) is 1. The van der Waals surface area contributed by atoms with Gasteiger partial charge in [-0.2, -0.15) is 0 Å². The van der Waals surface area contributed by atoms with Crippen molar-refractivity contribution in [2.75, 3.05) is 26.9 Å². The molecule has 0 fully saturated rings. The summed E-state index contributed by atoms with van der Waals surface area (Å²) in [6.45, 7) is 6.53. The zero-order valence-electron chi connectivity index (χ0n) is 9.58. The van der Waals surface area contributed by atoms with E-state index in [-0.39, 0.29) is 6.04 Å². The molecule has 0 aromatic carbocycles. The SMILES string of the molecule is CCNC(COCC)c1cc(OC)cs1. The van der Waals surface area contributed by atoms with Gasteiger partial charge in [0, 0.05) is 16.9 Å². The third-order valence-corrected chi connectivity index (χ3v) is 3.14. The van der Waals surface area contributed by atoms with E-state index >= 15 is 0 Å². The number of hydrogen-bond donors (Lipinski definition) is 1. The Morgan fingerprint density at radius 1 is 1.47 bits per heavy atom. The molecule has 1 unspecified atom stereocenters. The molecule has 1 rings (SSSR count). The maximum Gasteiger partial charge on any atom is 0.129 e. The summed E-state index contributed by atoms with van der Waals surface area (Å²) in [6, 6.07) is 2.35. The molecule has 1 N–H and O–H groups in total. The molecular formula is C11H19NO2S. The first-order valence-electron chi connectivity index (χ1n) is 5.25. The van der Waals surface area contributed by atoms with Crippen LogP contribution < -0.4 is 10.1 Å². The van der Waals surface area contributed by atoms with Crippen LogP contribution in [0.3, 0.4) is 0 Å². The molecule has 1 heterocycles. The lowest BCUT2D eigenvalue weighted by Gasteiger charge is -2.15. The monoisotopic (exact) mass is 229 g/mol.